The molecule has 2 atom stereocenters. The molecule has 3 nitrogen and oxygen atoms in total. The molecule has 18 heavy (non-hydrogen) atoms. The first kappa shape index (κ1) is 12.6. The minimum Gasteiger partial charge on any atom is -0.298 e. The zero-order valence-corrected chi connectivity index (χ0v) is 12.2. The highest BCUT2D eigenvalue weighted by molar-refractivity contribution is 7.09. The number of aromatic nitrogens is 1. The molecule has 1 aromatic heterocycles. The van der Waals surface area contributed by atoms with Crippen molar-refractivity contribution in [2.75, 3.05) is 19.6 Å². The lowest BCUT2D eigenvalue weighted by Gasteiger charge is -2.45. The molecule has 0 saturated carbocycles. The van der Waals surface area contributed by atoms with Crippen molar-refractivity contribution in [2.45, 2.75) is 45.3 Å². The Kier molecular flexibility index (Phi) is 3.68. The Hall–Kier alpha value is -0.450. The normalized spacial score (nSPS) is 29.9. The van der Waals surface area contributed by atoms with Gasteiger partial charge in [0.2, 0.25) is 0 Å². The van der Waals surface area contributed by atoms with Crippen molar-refractivity contribution in [3.05, 3.63) is 16.6 Å². The summed E-state index contributed by atoms with van der Waals surface area (Å²) in [6, 6.07) is 1.52. The highest BCUT2D eigenvalue weighted by atomic mass is 32.1. The van der Waals surface area contributed by atoms with Crippen molar-refractivity contribution in [3.63, 3.8) is 0 Å². The average Bonchev–Trinajstić information content (AvgIpc) is 2.97. The van der Waals surface area contributed by atoms with E-state index in [1.165, 1.54) is 37.4 Å². The van der Waals surface area contributed by atoms with Gasteiger partial charge < -0.3 is 0 Å². The van der Waals surface area contributed by atoms with Gasteiger partial charge in [-0.2, -0.15) is 0 Å². The second kappa shape index (κ2) is 5.27. The summed E-state index contributed by atoms with van der Waals surface area (Å²) in [6.45, 7) is 9.66. The lowest BCUT2D eigenvalue weighted by atomic mass is 9.97. The third-order valence-electron chi connectivity index (χ3n) is 4.45. The van der Waals surface area contributed by atoms with Gasteiger partial charge in [-0.15, -0.1) is 11.3 Å². The number of piperazine rings is 1. The third-order valence-corrected chi connectivity index (χ3v) is 5.21. The van der Waals surface area contributed by atoms with Gasteiger partial charge in [0, 0.05) is 42.8 Å². The summed E-state index contributed by atoms with van der Waals surface area (Å²) in [5, 5.41) is 0. The molecule has 4 heteroatoms. The highest BCUT2D eigenvalue weighted by Gasteiger charge is 2.37. The number of nitrogens with zero attached hydrogens (tertiary/aromatic N) is 3. The number of thiazole rings is 1. The van der Waals surface area contributed by atoms with Crippen LogP contribution in [0, 0.1) is 5.92 Å². The Balaban J connectivity index is 1.72. The molecule has 100 valence electrons. The molecule has 0 amide bonds. The third kappa shape index (κ3) is 2.46. The van der Waals surface area contributed by atoms with Crippen LogP contribution in [-0.2, 0) is 6.54 Å². The molecule has 0 aromatic carbocycles. The van der Waals surface area contributed by atoms with Gasteiger partial charge in [-0.05, 0) is 25.3 Å². The molecule has 0 N–H and O–H groups in total. The van der Waals surface area contributed by atoms with Crippen LogP contribution in [0.1, 0.15) is 31.6 Å². The quantitative estimate of drug-likeness (QED) is 0.837. The first-order chi connectivity index (χ1) is 8.74. The molecule has 2 fully saturated rings. The predicted octanol–water partition coefficient (Wildman–Crippen LogP) is 2.45. The van der Waals surface area contributed by atoms with E-state index in [9.17, 15) is 0 Å². The largest absolute Gasteiger partial charge is 0.298 e. The minimum atomic E-state index is 0.710. The van der Waals surface area contributed by atoms with Crippen LogP contribution in [-0.4, -0.2) is 46.5 Å². The smallest absolute Gasteiger partial charge is 0.0794 e. The zero-order valence-electron chi connectivity index (χ0n) is 11.4. The van der Waals surface area contributed by atoms with Crippen LogP contribution in [0.3, 0.4) is 0 Å². The maximum Gasteiger partial charge on any atom is 0.0794 e. The van der Waals surface area contributed by atoms with E-state index < -0.39 is 0 Å². The molecule has 0 spiro atoms. The van der Waals surface area contributed by atoms with E-state index >= 15 is 0 Å². The summed E-state index contributed by atoms with van der Waals surface area (Å²) >= 11 is 1.79. The SMILES string of the molecule is CC(C)C1CN2CCCC2CN1Cc1cncs1. The van der Waals surface area contributed by atoms with E-state index in [-0.39, 0.29) is 0 Å². The van der Waals surface area contributed by atoms with Crippen LogP contribution >= 0.6 is 11.3 Å². The van der Waals surface area contributed by atoms with Gasteiger partial charge in [0.1, 0.15) is 0 Å². The van der Waals surface area contributed by atoms with Crippen LogP contribution in [0.2, 0.25) is 0 Å². The molecule has 0 radical (unpaired) electrons. The second-order valence-electron chi connectivity index (χ2n) is 6.00. The Bertz CT molecular complexity index is 376. The molecule has 3 heterocycles. The van der Waals surface area contributed by atoms with Crippen LogP contribution in [0.15, 0.2) is 11.7 Å². The summed E-state index contributed by atoms with van der Waals surface area (Å²) in [5.74, 6) is 0.736. The van der Waals surface area contributed by atoms with Gasteiger partial charge in [-0.1, -0.05) is 13.8 Å². The maximum absolute atomic E-state index is 4.21. The minimum absolute atomic E-state index is 0.710. The fourth-order valence-electron chi connectivity index (χ4n) is 3.44. The second-order valence-corrected chi connectivity index (χ2v) is 6.97. The lowest BCUT2D eigenvalue weighted by molar-refractivity contribution is 0.0245. The van der Waals surface area contributed by atoms with Gasteiger partial charge in [0.05, 0.1) is 5.51 Å². The van der Waals surface area contributed by atoms with E-state index in [4.69, 9.17) is 0 Å². The monoisotopic (exact) mass is 265 g/mol. The highest BCUT2D eigenvalue weighted by Crippen LogP contribution is 2.29. The molecular formula is C14H23N3S. The van der Waals surface area contributed by atoms with Crippen molar-refractivity contribution in [1.82, 2.24) is 14.8 Å². The number of hydrogen-bond donors (Lipinski definition) is 0. The van der Waals surface area contributed by atoms with Crippen LogP contribution < -0.4 is 0 Å². The van der Waals surface area contributed by atoms with Crippen molar-refractivity contribution in [3.8, 4) is 0 Å². The molecule has 1 aromatic rings. The standard InChI is InChI=1S/C14H23N3S/c1-11(2)14-9-16-5-3-4-12(16)7-17(14)8-13-6-15-10-18-13/h6,10-12,14H,3-5,7-9H2,1-2H3. The van der Waals surface area contributed by atoms with Gasteiger partial charge >= 0.3 is 0 Å². The van der Waals surface area contributed by atoms with Gasteiger partial charge in [-0.25, -0.2) is 0 Å². The van der Waals surface area contributed by atoms with Gasteiger partial charge in [0.25, 0.3) is 0 Å². The Morgan fingerprint density at radius 2 is 2.33 bits per heavy atom. The summed E-state index contributed by atoms with van der Waals surface area (Å²) in [4.78, 5) is 11.0. The Morgan fingerprint density at radius 3 is 3.06 bits per heavy atom. The summed E-state index contributed by atoms with van der Waals surface area (Å²) in [5.41, 5.74) is 1.95. The number of rotatable bonds is 3. The Labute approximate surface area is 114 Å². The average molecular weight is 265 g/mol. The van der Waals surface area contributed by atoms with E-state index in [1.807, 2.05) is 11.7 Å². The molecule has 2 saturated heterocycles. The molecule has 3 rings (SSSR count). The zero-order chi connectivity index (χ0) is 12.5. The lowest BCUT2D eigenvalue weighted by Crippen LogP contribution is -2.57. The summed E-state index contributed by atoms with van der Waals surface area (Å²) in [6.07, 6.45) is 4.82. The van der Waals surface area contributed by atoms with Crippen LogP contribution in [0.5, 0.6) is 0 Å². The number of fused-ring (bicyclic) bond motifs is 1. The van der Waals surface area contributed by atoms with Crippen LogP contribution in [0.25, 0.3) is 0 Å². The van der Waals surface area contributed by atoms with E-state index in [1.54, 1.807) is 11.3 Å². The first-order valence-corrected chi connectivity index (χ1v) is 7.97. The fraction of sp³-hybridized carbons (Fsp3) is 0.786. The molecule has 2 unspecified atom stereocenters. The predicted molar refractivity (Wildman–Crippen MR) is 75.7 cm³/mol. The van der Waals surface area contributed by atoms with Crippen molar-refractivity contribution in [1.29, 1.82) is 0 Å². The fourth-order valence-corrected chi connectivity index (χ4v) is 4.06. The number of hydrogen-bond acceptors (Lipinski definition) is 4. The van der Waals surface area contributed by atoms with Gasteiger partial charge in [-0.3, -0.25) is 14.8 Å². The van der Waals surface area contributed by atoms with Crippen molar-refractivity contribution < 1.29 is 0 Å². The van der Waals surface area contributed by atoms with Crippen molar-refractivity contribution in [2.24, 2.45) is 5.92 Å². The molecule has 0 bridgehead atoms. The van der Waals surface area contributed by atoms with Crippen molar-refractivity contribution >= 4 is 11.3 Å². The maximum atomic E-state index is 4.21. The summed E-state index contributed by atoms with van der Waals surface area (Å²) < 4.78 is 0. The molecule has 2 aliphatic heterocycles. The van der Waals surface area contributed by atoms with Gasteiger partial charge in [0.15, 0.2) is 0 Å². The van der Waals surface area contributed by atoms with Crippen LogP contribution in [0.4, 0.5) is 0 Å². The molecule has 0 aliphatic carbocycles. The molecule has 2 aliphatic rings. The molecular weight excluding hydrogens is 242 g/mol. The van der Waals surface area contributed by atoms with E-state index in [0.29, 0.717) is 6.04 Å². The van der Waals surface area contributed by atoms with E-state index in [0.717, 1.165) is 18.5 Å². The topological polar surface area (TPSA) is 19.4 Å². The summed E-state index contributed by atoms with van der Waals surface area (Å²) in [7, 11) is 0. The van der Waals surface area contributed by atoms with E-state index in [2.05, 4.69) is 28.6 Å². The first-order valence-electron chi connectivity index (χ1n) is 7.09. The Morgan fingerprint density at radius 1 is 1.44 bits per heavy atom.